The topological polar surface area (TPSA) is 130 Å². The van der Waals surface area contributed by atoms with Gasteiger partial charge in [0.2, 0.25) is 5.91 Å². The Morgan fingerprint density at radius 3 is 2.49 bits per heavy atom. The molecule has 1 fully saturated rings. The number of rotatable bonds is 9. The van der Waals surface area contributed by atoms with Crippen LogP contribution in [0.2, 0.25) is 5.02 Å². The molecule has 0 radical (unpaired) electrons. The zero-order chi connectivity index (χ0) is 31.5. The summed E-state index contributed by atoms with van der Waals surface area (Å²) in [7, 11) is 3.58. The zero-order valence-electron chi connectivity index (χ0n) is 24.9. The van der Waals surface area contributed by atoms with Crippen LogP contribution in [-0.4, -0.2) is 66.5 Å². The SMILES string of the molecule is Cn1cncc1-c1ccc(NC(=O)C(Cc2cc(-c3ccnc(N4CC[C@@H](O)C4)c3)ccc2Cl)NC(=O)c2ccnn2C)cc1. The predicted octanol–water partition coefficient (Wildman–Crippen LogP) is 4.09. The first kappa shape index (κ1) is 30.0. The minimum atomic E-state index is -0.948. The van der Waals surface area contributed by atoms with Crippen LogP contribution in [-0.2, 0) is 25.3 Å². The van der Waals surface area contributed by atoms with Crippen molar-refractivity contribution in [1.29, 1.82) is 0 Å². The fourth-order valence-corrected chi connectivity index (χ4v) is 5.67. The van der Waals surface area contributed by atoms with E-state index in [0.717, 1.165) is 34.7 Å². The Bertz CT molecular complexity index is 1830. The Kier molecular flexibility index (Phi) is 8.63. The molecule has 1 aliphatic rings. The van der Waals surface area contributed by atoms with Gasteiger partial charge in [0.05, 0.1) is 24.3 Å². The first-order chi connectivity index (χ1) is 21.7. The molecule has 11 nitrogen and oxygen atoms in total. The average Bonchev–Trinajstić information content (AvgIpc) is 3.79. The number of hydrogen-bond acceptors (Lipinski definition) is 7. The van der Waals surface area contributed by atoms with Gasteiger partial charge in [-0.15, -0.1) is 0 Å². The van der Waals surface area contributed by atoms with E-state index in [1.165, 1.54) is 10.9 Å². The molecule has 2 amide bonds. The van der Waals surface area contributed by atoms with E-state index >= 15 is 0 Å². The fraction of sp³-hybridized carbons (Fsp3) is 0.242. The molecule has 0 bridgehead atoms. The van der Waals surface area contributed by atoms with Crippen LogP contribution in [0.15, 0.2) is 85.6 Å². The maximum Gasteiger partial charge on any atom is 0.270 e. The number of nitrogens with zero attached hydrogens (tertiary/aromatic N) is 6. The van der Waals surface area contributed by atoms with Crippen LogP contribution >= 0.6 is 11.6 Å². The van der Waals surface area contributed by atoms with Gasteiger partial charge >= 0.3 is 0 Å². The number of anilines is 2. The Labute approximate surface area is 265 Å². The van der Waals surface area contributed by atoms with Gasteiger partial charge in [0.15, 0.2) is 0 Å². The molecular formula is C33H33ClN8O3. The standard InChI is InChI=1S/C33H33ClN8O3/c1-40-20-35-18-30(40)21-3-6-25(7-4-21)38-32(44)28(39-33(45)29-10-13-37-41(29)2)16-24-15-22(5-8-27(24)34)23-9-12-36-31(17-23)42-14-11-26(43)19-42/h3-10,12-13,15,17-18,20,26,28,43H,11,14,16,19H2,1-2H3,(H,38,44)(H,39,45)/t26-,28?/m1/s1. The summed E-state index contributed by atoms with van der Waals surface area (Å²) in [4.78, 5) is 37.7. The first-order valence-corrected chi connectivity index (χ1v) is 15.0. The number of carbonyl (C=O) groups excluding carboxylic acids is 2. The van der Waals surface area contributed by atoms with E-state index in [1.54, 1.807) is 37.9 Å². The quantitative estimate of drug-likeness (QED) is 0.225. The van der Waals surface area contributed by atoms with Crippen LogP contribution in [0, 0.1) is 0 Å². The van der Waals surface area contributed by atoms with Crippen molar-refractivity contribution in [2.75, 3.05) is 23.3 Å². The van der Waals surface area contributed by atoms with Gasteiger partial charge in [0, 0.05) is 56.7 Å². The summed E-state index contributed by atoms with van der Waals surface area (Å²) in [5, 5.41) is 20.4. The number of benzene rings is 2. The second-order valence-electron chi connectivity index (χ2n) is 11.1. The maximum atomic E-state index is 13.7. The van der Waals surface area contributed by atoms with Crippen LogP contribution < -0.4 is 15.5 Å². The molecule has 3 N–H and O–H groups in total. The highest BCUT2D eigenvalue weighted by atomic mass is 35.5. The van der Waals surface area contributed by atoms with Crippen molar-refractivity contribution in [3.63, 3.8) is 0 Å². The number of imidazole rings is 1. The van der Waals surface area contributed by atoms with Crippen molar-refractivity contribution in [3.05, 3.63) is 102 Å². The van der Waals surface area contributed by atoms with Crippen LogP contribution in [0.25, 0.3) is 22.4 Å². The summed E-state index contributed by atoms with van der Waals surface area (Å²) >= 11 is 6.67. The third-order valence-electron chi connectivity index (χ3n) is 7.98. The van der Waals surface area contributed by atoms with Crippen molar-refractivity contribution in [1.82, 2.24) is 29.6 Å². The molecule has 2 aromatic carbocycles. The Balaban J connectivity index is 1.25. The summed E-state index contributed by atoms with van der Waals surface area (Å²) < 4.78 is 3.37. The predicted molar refractivity (Wildman–Crippen MR) is 173 cm³/mol. The van der Waals surface area contributed by atoms with Gasteiger partial charge in [0.25, 0.3) is 5.91 Å². The van der Waals surface area contributed by atoms with E-state index in [1.807, 2.05) is 60.1 Å². The number of aromatic nitrogens is 5. The van der Waals surface area contributed by atoms with E-state index in [4.69, 9.17) is 11.6 Å². The van der Waals surface area contributed by atoms with Crippen molar-refractivity contribution in [2.45, 2.75) is 25.0 Å². The summed E-state index contributed by atoms with van der Waals surface area (Å²) in [6.45, 7) is 1.28. The molecule has 4 heterocycles. The first-order valence-electron chi connectivity index (χ1n) is 14.6. The molecule has 0 saturated carbocycles. The fourth-order valence-electron chi connectivity index (χ4n) is 5.48. The normalized spacial score (nSPS) is 15.2. The second kappa shape index (κ2) is 12.9. The molecule has 5 aromatic rings. The number of amides is 2. The van der Waals surface area contributed by atoms with E-state index < -0.39 is 11.9 Å². The van der Waals surface area contributed by atoms with E-state index in [-0.39, 0.29) is 18.4 Å². The molecule has 12 heteroatoms. The van der Waals surface area contributed by atoms with Crippen molar-refractivity contribution < 1.29 is 14.7 Å². The number of pyridine rings is 1. The molecule has 2 atom stereocenters. The lowest BCUT2D eigenvalue weighted by molar-refractivity contribution is -0.118. The number of aliphatic hydroxyl groups is 1. The lowest BCUT2D eigenvalue weighted by Gasteiger charge is -2.20. The minimum absolute atomic E-state index is 0.144. The molecule has 0 spiro atoms. The summed E-state index contributed by atoms with van der Waals surface area (Å²) in [5.41, 5.74) is 5.32. The highest BCUT2D eigenvalue weighted by Gasteiger charge is 2.25. The van der Waals surface area contributed by atoms with Crippen LogP contribution in [0.5, 0.6) is 0 Å². The van der Waals surface area contributed by atoms with Crippen molar-refractivity contribution >= 4 is 34.9 Å². The molecule has 1 saturated heterocycles. The van der Waals surface area contributed by atoms with Crippen molar-refractivity contribution in [2.24, 2.45) is 14.1 Å². The molecule has 45 heavy (non-hydrogen) atoms. The third-order valence-corrected chi connectivity index (χ3v) is 8.34. The molecule has 230 valence electrons. The minimum Gasteiger partial charge on any atom is -0.391 e. The number of aliphatic hydroxyl groups excluding tert-OH is 1. The van der Waals surface area contributed by atoms with Gasteiger partial charge in [0.1, 0.15) is 17.6 Å². The highest BCUT2D eigenvalue weighted by Crippen LogP contribution is 2.29. The summed E-state index contributed by atoms with van der Waals surface area (Å²) in [5.74, 6) is -0.0322. The Morgan fingerprint density at radius 2 is 1.80 bits per heavy atom. The summed E-state index contributed by atoms with van der Waals surface area (Å²) in [6.07, 6.45) is 7.27. The number of nitrogens with one attached hydrogen (secondary N) is 2. The van der Waals surface area contributed by atoms with Gasteiger partial charge in [-0.1, -0.05) is 29.8 Å². The molecule has 6 rings (SSSR count). The highest BCUT2D eigenvalue weighted by molar-refractivity contribution is 6.31. The average molecular weight is 625 g/mol. The maximum absolute atomic E-state index is 13.7. The van der Waals surface area contributed by atoms with Crippen LogP contribution in [0.1, 0.15) is 22.5 Å². The number of carbonyl (C=O) groups is 2. The van der Waals surface area contributed by atoms with E-state index in [2.05, 4.69) is 30.6 Å². The van der Waals surface area contributed by atoms with Crippen LogP contribution in [0.4, 0.5) is 11.5 Å². The van der Waals surface area contributed by atoms with Gasteiger partial charge < -0.3 is 25.2 Å². The molecular weight excluding hydrogens is 592 g/mol. The number of hydrogen-bond donors (Lipinski definition) is 3. The number of halogens is 1. The van der Waals surface area contributed by atoms with Crippen LogP contribution in [0.3, 0.4) is 0 Å². The molecule has 1 aliphatic heterocycles. The monoisotopic (exact) mass is 624 g/mol. The Morgan fingerprint density at radius 1 is 1.02 bits per heavy atom. The third kappa shape index (κ3) is 6.74. The van der Waals surface area contributed by atoms with Gasteiger partial charge in [-0.3, -0.25) is 14.3 Å². The lowest BCUT2D eigenvalue weighted by Crippen LogP contribution is -2.45. The molecule has 1 unspecified atom stereocenters. The van der Waals surface area contributed by atoms with E-state index in [9.17, 15) is 14.7 Å². The smallest absolute Gasteiger partial charge is 0.270 e. The lowest BCUT2D eigenvalue weighted by atomic mass is 9.99. The molecule has 3 aromatic heterocycles. The number of aryl methyl sites for hydroxylation is 2. The zero-order valence-corrected chi connectivity index (χ0v) is 25.6. The van der Waals surface area contributed by atoms with Crippen molar-refractivity contribution in [3.8, 4) is 22.4 Å². The largest absolute Gasteiger partial charge is 0.391 e. The Hall–Kier alpha value is -5.00. The number of β-amino-alcohol motifs (C(OH)–C–C–N with tert-alkyl or cyclic N) is 1. The molecule has 0 aliphatic carbocycles. The summed E-state index contributed by atoms with van der Waals surface area (Å²) in [6, 6.07) is 17.6. The van der Waals surface area contributed by atoms with Gasteiger partial charge in [-0.05, 0) is 71.1 Å². The second-order valence-corrected chi connectivity index (χ2v) is 11.5. The van der Waals surface area contributed by atoms with E-state index in [0.29, 0.717) is 34.9 Å². The van der Waals surface area contributed by atoms with Gasteiger partial charge in [-0.25, -0.2) is 9.97 Å². The van der Waals surface area contributed by atoms with Gasteiger partial charge in [-0.2, -0.15) is 5.10 Å².